The molecule has 0 N–H and O–H groups in total. The predicted molar refractivity (Wildman–Crippen MR) is 361 cm³/mol. The van der Waals surface area contributed by atoms with E-state index in [1.807, 2.05) is 21.1 Å². The molecular formula is C76H135NO8. The molecule has 0 radical (unpaired) electrons. The summed E-state index contributed by atoms with van der Waals surface area (Å²) >= 11 is 0. The van der Waals surface area contributed by atoms with Gasteiger partial charge < -0.3 is 33.3 Å². The zero-order valence-electron chi connectivity index (χ0n) is 56.2. The van der Waals surface area contributed by atoms with Gasteiger partial charge in [-0.15, -0.1) is 0 Å². The van der Waals surface area contributed by atoms with E-state index in [1.54, 1.807) is 0 Å². The zero-order valence-corrected chi connectivity index (χ0v) is 56.2. The van der Waals surface area contributed by atoms with E-state index in [0.717, 1.165) is 77.0 Å². The molecule has 0 spiro atoms. The van der Waals surface area contributed by atoms with Crippen molar-refractivity contribution in [1.82, 2.24) is 0 Å². The maximum absolute atomic E-state index is 12.9. The van der Waals surface area contributed by atoms with Crippen LogP contribution in [0.4, 0.5) is 0 Å². The van der Waals surface area contributed by atoms with E-state index in [4.69, 9.17) is 18.9 Å². The molecule has 2 atom stereocenters. The van der Waals surface area contributed by atoms with E-state index in [2.05, 4.69) is 98.9 Å². The van der Waals surface area contributed by atoms with Gasteiger partial charge >= 0.3 is 11.9 Å². The minimum Gasteiger partial charge on any atom is -0.545 e. The smallest absolute Gasteiger partial charge is 0.306 e. The third-order valence-corrected chi connectivity index (χ3v) is 15.6. The highest BCUT2D eigenvalue weighted by Gasteiger charge is 2.22. The van der Waals surface area contributed by atoms with Crippen LogP contribution in [0.15, 0.2) is 85.1 Å². The van der Waals surface area contributed by atoms with E-state index in [9.17, 15) is 19.5 Å². The molecule has 0 saturated carbocycles. The SMILES string of the molecule is CC/C=C\C/C=C\C/C=C\C/C=C\C/C=C\CCCCCC(=O)OC(COC(=O)CCCCCCCCCCCCCCCCCCCCCCCCCCCCCCC/C=C\C/C=C\CCCCCCC)COC(OCC[N+](C)(C)C)C(=O)[O-]. The Balaban J connectivity index is 3.96. The van der Waals surface area contributed by atoms with Crippen LogP contribution in [0.5, 0.6) is 0 Å². The quantitative estimate of drug-likeness (QED) is 0.0195. The van der Waals surface area contributed by atoms with Crippen molar-refractivity contribution < 1.29 is 42.9 Å². The molecule has 9 heteroatoms. The summed E-state index contributed by atoms with van der Waals surface area (Å²) in [6.07, 6.45) is 87.0. The molecule has 0 aliphatic heterocycles. The molecule has 2 unspecified atom stereocenters. The lowest BCUT2D eigenvalue weighted by Gasteiger charge is -2.26. The Morgan fingerprint density at radius 1 is 0.365 bits per heavy atom. The fraction of sp³-hybridized carbons (Fsp3) is 0.776. The molecule has 0 amide bonds. The van der Waals surface area contributed by atoms with Crippen LogP contribution in [0, 0.1) is 0 Å². The molecule has 0 aliphatic carbocycles. The number of aliphatic carboxylic acids is 1. The topological polar surface area (TPSA) is 111 Å². The standard InChI is InChI=1S/C76H135NO8/c1-6-8-10-12-14-16-18-20-22-24-26-27-28-29-30-31-32-33-34-35-36-37-38-39-40-41-42-43-44-45-46-47-49-50-52-54-56-58-60-62-64-66-73(78)83-70-72(71-84-76(75(80)81)82-69-68-77(3,4)5)85-74(79)67-65-63-61-59-57-55-53-51-48-25-23-21-19-17-15-13-11-9-7-2/h9,11,15,17-18,20-21,23-24,26,48,51,55,57,72,76H,6-8,10,12-14,16,19,22,25,27-47,49-50,52-54,56,58-71H2,1-5H3/b11-9-,17-15-,20-18-,23-21-,26-24-,51-48-,57-55-. The lowest BCUT2D eigenvalue weighted by Crippen LogP contribution is -2.44. The minimum absolute atomic E-state index is 0.139. The van der Waals surface area contributed by atoms with Crippen molar-refractivity contribution in [2.24, 2.45) is 0 Å². The van der Waals surface area contributed by atoms with Crippen molar-refractivity contribution in [2.45, 2.75) is 334 Å². The van der Waals surface area contributed by atoms with Crippen molar-refractivity contribution in [3.63, 3.8) is 0 Å². The number of allylic oxidation sites excluding steroid dienone is 14. The van der Waals surface area contributed by atoms with Crippen LogP contribution >= 0.6 is 0 Å². The lowest BCUT2D eigenvalue weighted by molar-refractivity contribution is -0.870. The van der Waals surface area contributed by atoms with Crippen LogP contribution in [-0.4, -0.2) is 82.3 Å². The van der Waals surface area contributed by atoms with Crippen LogP contribution in [0.25, 0.3) is 0 Å². The second kappa shape index (κ2) is 66.4. The highest BCUT2D eigenvalue weighted by Crippen LogP contribution is 2.18. The average Bonchev–Trinajstić information content (AvgIpc) is 3.48. The molecule has 0 fully saturated rings. The van der Waals surface area contributed by atoms with Crippen LogP contribution in [-0.2, 0) is 33.3 Å². The molecule has 492 valence electrons. The summed E-state index contributed by atoms with van der Waals surface area (Å²) in [5.41, 5.74) is 0. The third-order valence-electron chi connectivity index (χ3n) is 15.6. The number of ether oxygens (including phenoxy) is 4. The van der Waals surface area contributed by atoms with Crippen LogP contribution < -0.4 is 5.11 Å². The van der Waals surface area contributed by atoms with Gasteiger partial charge in [0.05, 0.1) is 40.3 Å². The third kappa shape index (κ3) is 67.8. The highest BCUT2D eigenvalue weighted by molar-refractivity contribution is 5.70. The fourth-order valence-electron chi connectivity index (χ4n) is 10.2. The molecule has 0 heterocycles. The van der Waals surface area contributed by atoms with Crippen molar-refractivity contribution in [3.05, 3.63) is 85.1 Å². The van der Waals surface area contributed by atoms with Crippen LogP contribution in [0.1, 0.15) is 322 Å². The Morgan fingerprint density at radius 2 is 0.671 bits per heavy atom. The average molecular weight is 1190 g/mol. The molecule has 0 bridgehead atoms. The minimum atomic E-state index is -1.63. The van der Waals surface area contributed by atoms with Gasteiger partial charge in [-0.1, -0.05) is 304 Å². The van der Waals surface area contributed by atoms with Gasteiger partial charge in [-0.25, -0.2) is 0 Å². The Morgan fingerprint density at radius 3 is 1.01 bits per heavy atom. The number of carboxylic acid groups (broad SMARTS) is 1. The van der Waals surface area contributed by atoms with E-state index < -0.39 is 24.3 Å². The number of carbonyl (C=O) groups excluding carboxylic acids is 3. The van der Waals surface area contributed by atoms with Gasteiger partial charge in [0.15, 0.2) is 12.4 Å². The Labute approximate surface area is 525 Å². The van der Waals surface area contributed by atoms with E-state index >= 15 is 0 Å². The maximum atomic E-state index is 12.9. The van der Waals surface area contributed by atoms with Gasteiger partial charge in [0.25, 0.3) is 0 Å². The molecule has 9 nitrogen and oxygen atoms in total. The molecule has 0 aromatic rings. The maximum Gasteiger partial charge on any atom is 0.306 e. The van der Waals surface area contributed by atoms with Gasteiger partial charge in [0, 0.05) is 12.8 Å². The number of carboxylic acids is 1. The first-order valence-electron chi connectivity index (χ1n) is 35.7. The number of hydrogen-bond acceptors (Lipinski definition) is 8. The van der Waals surface area contributed by atoms with Gasteiger partial charge in [-0.2, -0.15) is 0 Å². The van der Waals surface area contributed by atoms with Gasteiger partial charge in [-0.05, 0) is 89.9 Å². The van der Waals surface area contributed by atoms with Crippen LogP contribution in [0.3, 0.4) is 0 Å². The Hall–Kier alpha value is -3.53. The summed E-state index contributed by atoms with van der Waals surface area (Å²) < 4.78 is 22.7. The Bertz CT molecular complexity index is 1670. The summed E-state index contributed by atoms with van der Waals surface area (Å²) in [4.78, 5) is 37.4. The number of unbranched alkanes of at least 4 members (excludes halogenated alkanes) is 37. The number of nitrogens with zero attached hydrogens (tertiary/aromatic N) is 1. The number of quaternary nitrogens is 1. The molecule has 85 heavy (non-hydrogen) atoms. The summed E-state index contributed by atoms with van der Waals surface area (Å²) in [5, 5.41) is 11.8. The van der Waals surface area contributed by atoms with E-state index in [0.29, 0.717) is 17.4 Å². The normalized spacial score (nSPS) is 13.2. The molecular weight excluding hydrogens is 1050 g/mol. The van der Waals surface area contributed by atoms with Gasteiger partial charge in [0.2, 0.25) is 0 Å². The molecule has 0 rings (SSSR count). The summed E-state index contributed by atoms with van der Waals surface area (Å²) in [6.45, 7) is 4.61. The van der Waals surface area contributed by atoms with E-state index in [-0.39, 0.29) is 38.6 Å². The first-order chi connectivity index (χ1) is 41.6. The molecule has 0 saturated heterocycles. The zero-order chi connectivity index (χ0) is 61.9. The second-order valence-corrected chi connectivity index (χ2v) is 25.1. The van der Waals surface area contributed by atoms with Crippen molar-refractivity contribution >= 4 is 17.9 Å². The first-order valence-corrected chi connectivity index (χ1v) is 35.7. The first kappa shape index (κ1) is 81.5. The molecule has 0 aromatic heterocycles. The van der Waals surface area contributed by atoms with Gasteiger partial charge in [0.1, 0.15) is 13.2 Å². The molecule has 0 aromatic carbocycles. The predicted octanol–water partition coefficient (Wildman–Crippen LogP) is 20.9. The largest absolute Gasteiger partial charge is 0.545 e. The van der Waals surface area contributed by atoms with Crippen molar-refractivity contribution in [1.29, 1.82) is 0 Å². The summed E-state index contributed by atoms with van der Waals surface area (Å²) in [6, 6.07) is 0. The lowest BCUT2D eigenvalue weighted by atomic mass is 10.0. The summed E-state index contributed by atoms with van der Waals surface area (Å²) in [5.74, 6) is -2.32. The number of rotatable bonds is 66. The Kier molecular flexibility index (Phi) is 63.7. The highest BCUT2D eigenvalue weighted by atomic mass is 16.7. The summed E-state index contributed by atoms with van der Waals surface area (Å²) in [7, 11) is 5.92. The van der Waals surface area contributed by atoms with Gasteiger partial charge in [-0.3, -0.25) is 9.59 Å². The molecule has 0 aliphatic rings. The number of carbonyl (C=O) groups is 3. The van der Waals surface area contributed by atoms with E-state index in [1.165, 1.54) is 212 Å². The van der Waals surface area contributed by atoms with Crippen molar-refractivity contribution in [3.8, 4) is 0 Å². The number of esters is 2. The van der Waals surface area contributed by atoms with Crippen LogP contribution in [0.2, 0.25) is 0 Å². The fourth-order valence-corrected chi connectivity index (χ4v) is 10.2. The second-order valence-electron chi connectivity index (χ2n) is 25.1. The monoisotopic (exact) mass is 1190 g/mol. The number of likely N-dealkylation sites (N-methyl/N-ethyl adjacent to an activating group) is 1. The van der Waals surface area contributed by atoms with Crippen molar-refractivity contribution in [2.75, 3.05) is 47.5 Å². The number of hydrogen-bond donors (Lipinski definition) is 0.